The number of nitrogens with zero attached hydrogens (tertiary/aromatic N) is 2. The standard InChI is InChI=1S/C35H24N2O2S/c1-39-31-19-15-28(16-20-31)35(27-13-17-30(38)18-14-27)34(24-6-3-2-4-7-24)26-11-9-25(10-12-26)33(29(22-36)23-37)32-8-5-21-40-32/h2-21,38H,1H3/b35-34-. The van der Waals surface area contributed by atoms with Crippen LogP contribution in [0.4, 0.5) is 0 Å². The molecule has 0 fully saturated rings. The first kappa shape index (κ1) is 26.3. The van der Waals surface area contributed by atoms with E-state index in [2.05, 4.69) is 24.3 Å². The zero-order valence-corrected chi connectivity index (χ0v) is 22.5. The molecule has 0 saturated carbocycles. The van der Waals surface area contributed by atoms with Gasteiger partial charge in [0.15, 0.2) is 0 Å². The van der Waals surface area contributed by atoms with Gasteiger partial charge >= 0.3 is 0 Å². The van der Waals surface area contributed by atoms with Gasteiger partial charge in [0.25, 0.3) is 0 Å². The lowest BCUT2D eigenvalue weighted by Gasteiger charge is -2.19. The van der Waals surface area contributed by atoms with Crippen LogP contribution >= 0.6 is 11.3 Å². The Morgan fingerprint density at radius 1 is 0.600 bits per heavy atom. The molecule has 0 aliphatic carbocycles. The van der Waals surface area contributed by atoms with Gasteiger partial charge in [0.1, 0.15) is 29.2 Å². The maximum atomic E-state index is 10.0. The third-order valence-electron chi connectivity index (χ3n) is 6.55. The Morgan fingerprint density at radius 2 is 1.07 bits per heavy atom. The number of ether oxygens (including phenoxy) is 1. The maximum Gasteiger partial charge on any atom is 0.138 e. The second kappa shape index (κ2) is 12.0. The van der Waals surface area contributed by atoms with Crippen molar-refractivity contribution in [2.75, 3.05) is 7.11 Å². The van der Waals surface area contributed by atoms with Crippen molar-refractivity contribution >= 4 is 28.1 Å². The van der Waals surface area contributed by atoms with Gasteiger partial charge in [-0.15, -0.1) is 11.3 Å². The summed E-state index contributed by atoms with van der Waals surface area (Å²) in [5.74, 6) is 0.959. The third kappa shape index (κ3) is 5.42. The van der Waals surface area contributed by atoms with E-state index < -0.39 is 0 Å². The van der Waals surface area contributed by atoms with Gasteiger partial charge in [-0.1, -0.05) is 84.9 Å². The molecule has 1 heterocycles. The highest BCUT2D eigenvalue weighted by atomic mass is 32.1. The topological polar surface area (TPSA) is 77.0 Å². The molecule has 192 valence electrons. The Bertz CT molecular complexity index is 1740. The zero-order chi connectivity index (χ0) is 27.9. The highest BCUT2D eigenvalue weighted by Crippen LogP contribution is 2.39. The van der Waals surface area contributed by atoms with Gasteiger partial charge < -0.3 is 9.84 Å². The number of hydrogen-bond donors (Lipinski definition) is 1. The average Bonchev–Trinajstić information content (AvgIpc) is 3.54. The summed E-state index contributed by atoms with van der Waals surface area (Å²) < 4.78 is 5.41. The van der Waals surface area contributed by atoms with Gasteiger partial charge in [-0.05, 0) is 74.7 Å². The maximum absolute atomic E-state index is 10.0. The van der Waals surface area contributed by atoms with Crippen LogP contribution in [0.15, 0.2) is 126 Å². The second-order valence-electron chi connectivity index (χ2n) is 8.92. The van der Waals surface area contributed by atoms with Crippen LogP contribution in [0.25, 0.3) is 16.7 Å². The molecule has 4 aromatic carbocycles. The minimum Gasteiger partial charge on any atom is -0.508 e. The molecular weight excluding hydrogens is 512 g/mol. The summed E-state index contributed by atoms with van der Waals surface area (Å²) in [6.45, 7) is 0. The van der Waals surface area contributed by atoms with Crippen molar-refractivity contribution in [3.63, 3.8) is 0 Å². The third-order valence-corrected chi connectivity index (χ3v) is 7.44. The van der Waals surface area contributed by atoms with Crippen molar-refractivity contribution in [1.29, 1.82) is 10.5 Å². The quantitative estimate of drug-likeness (QED) is 0.168. The molecule has 4 nitrogen and oxygen atoms in total. The molecule has 1 aromatic heterocycles. The van der Waals surface area contributed by atoms with E-state index in [0.717, 1.165) is 49.6 Å². The molecular formula is C35H24N2O2S. The fourth-order valence-electron chi connectivity index (χ4n) is 4.67. The van der Waals surface area contributed by atoms with Crippen LogP contribution in [-0.4, -0.2) is 12.2 Å². The van der Waals surface area contributed by atoms with E-state index in [1.165, 1.54) is 11.3 Å². The summed E-state index contributed by atoms with van der Waals surface area (Å²) in [5.41, 5.74) is 7.43. The molecule has 0 bridgehead atoms. The summed E-state index contributed by atoms with van der Waals surface area (Å²) >= 11 is 1.50. The van der Waals surface area contributed by atoms with Crippen molar-refractivity contribution in [3.8, 4) is 23.6 Å². The number of methoxy groups -OCH3 is 1. The smallest absolute Gasteiger partial charge is 0.138 e. The van der Waals surface area contributed by atoms with Crippen LogP contribution in [0.1, 0.15) is 32.7 Å². The van der Waals surface area contributed by atoms with Gasteiger partial charge in [0.2, 0.25) is 0 Å². The molecule has 0 aliphatic rings. The van der Waals surface area contributed by atoms with Crippen LogP contribution in [-0.2, 0) is 0 Å². The number of hydrogen-bond acceptors (Lipinski definition) is 5. The van der Waals surface area contributed by atoms with Crippen LogP contribution in [0.2, 0.25) is 0 Å². The molecule has 40 heavy (non-hydrogen) atoms. The number of benzene rings is 4. The van der Waals surface area contributed by atoms with Crippen LogP contribution in [0.3, 0.4) is 0 Å². The Labute approximate surface area is 237 Å². The monoisotopic (exact) mass is 536 g/mol. The first-order chi connectivity index (χ1) is 19.6. The van der Waals surface area contributed by atoms with Crippen molar-refractivity contribution in [2.45, 2.75) is 0 Å². The van der Waals surface area contributed by atoms with Gasteiger partial charge in [-0.2, -0.15) is 10.5 Å². The lowest BCUT2D eigenvalue weighted by Crippen LogP contribution is -1.98. The predicted octanol–water partition coefficient (Wildman–Crippen LogP) is 8.32. The zero-order valence-electron chi connectivity index (χ0n) is 21.7. The largest absolute Gasteiger partial charge is 0.508 e. The Morgan fingerprint density at radius 3 is 1.55 bits per heavy atom. The van der Waals surface area contributed by atoms with E-state index in [1.807, 2.05) is 96.4 Å². The molecule has 0 atom stereocenters. The minimum atomic E-state index is 0.0806. The second-order valence-corrected chi connectivity index (χ2v) is 9.87. The van der Waals surface area contributed by atoms with Crippen molar-refractivity contribution in [1.82, 2.24) is 0 Å². The van der Waals surface area contributed by atoms with Crippen molar-refractivity contribution in [3.05, 3.63) is 159 Å². The molecule has 0 spiro atoms. The lowest BCUT2D eigenvalue weighted by atomic mass is 9.85. The van der Waals surface area contributed by atoms with Crippen molar-refractivity contribution < 1.29 is 9.84 Å². The Kier molecular flexibility index (Phi) is 7.88. The molecule has 1 N–H and O–H groups in total. The molecule has 0 unspecified atom stereocenters. The Hall–Kier alpha value is -5.36. The Balaban J connectivity index is 1.77. The summed E-state index contributed by atoms with van der Waals surface area (Å²) in [7, 11) is 1.64. The summed E-state index contributed by atoms with van der Waals surface area (Å²) in [4.78, 5) is 0.868. The van der Waals surface area contributed by atoms with Gasteiger partial charge in [-0.3, -0.25) is 0 Å². The summed E-state index contributed by atoms with van der Waals surface area (Å²) in [6, 6.07) is 41.2. The van der Waals surface area contributed by atoms with Gasteiger partial charge in [0, 0.05) is 10.5 Å². The number of thiophene rings is 1. The van der Waals surface area contributed by atoms with Gasteiger partial charge in [0.05, 0.1) is 7.11 Å². The highest BCUT2D eigenvalue weighted by molar-refractivity contribution is 7.11. The predicted molar refractivity (Wildman–Crippen MR) is 161 cm³/mol. The van der Waals surface area contributed by atoms with E-state index in [-0.39, 0.29) is 11.3 Å². The van der Waals surface area contributed by atoms with Gasteiger partial charge in [-0.25, -0.2) is 0 Å². The van der Waals surface area contributed by atoms with Crippen LogP contribution < -0.4 is 4.74 Å². The number of aromatic hydroxyl groups is 1. The highest BCUT2D eigenvalue weighted by Gasteiger charge is 2.18. The molecule has 5 heteroatoms. The fourth-order valence-corrected chi connectivity index (χ4v) is 5.47. The first-order valence-electron chi connectivity index (χ1n) is 12.6. The number of nitriles is 2. The average molecular weight is 537 g/mol. The minimum absolute atomic E-state index is 0.0806. The number of rotatable bonds is 7. The van der Waals surface area contributed by atoms with Crippen molar-refractivity contribution in [2.24, 2.45) is 0 Å². The normalized spacial score (nSPS) is 11.1. The summed E-state index contributed by atoms with van der Waals surface area (Å²) in [6.07, 6.45) is 0. The van der Waals surface area contributed by atoms with E-state index in [9.17, 15) is 15.6 Å². The van der Waals surface area contributed by atoms with E-state index >= 15 is 0 Å². The molecule has 0 amide bonds. The SMILES string of the molecule is COc1ccc(/C(=C(/c2ccccc2)c2ccc(C(=C(C#N)C#N)c3cccs3)cc2)c2ccc(O)cc2)cc1. The van der Waals surface area contributed by atoms with Crippen LogP contribution in [0.5, 0.6) is 11.5 Å². The summed E-state index contributed by atoms with van der Waals surface area (Å²) in [5, 5.41) is 31.3. The number of phenols is 1. The number of phenolic OH excluding ortho intramolecular Hbond substituents is 1. The van der Waals surface area contributed by atoms with Crippen LogP contribution in [0, 0.1) is 22.7 Å². The molecule has 0 saturated heterocycles. The molecule has 5 rings (SSSR count). The fraction of sp³-hybridized carbons (Fsp3) is 0.0286. The van der Waals surface area contributed by atoms with E-state index in [0.29, 0.717) is 5.57 Å². The van der Waals surface area contributed by atoms with E-state index in [1.54, 1.807) is 19.2 Å². The first-order valence-corrected chi connectivity index (χ1v) is 13.4. The molecule has 0 aliphatic heterocycles. The molecule has 0 radical (unpaired) electrons. The van der Waals surface area contributed by atoms with E-state index in [4.69, 9.17) is 4.74 Å². The number of allylic oxidation sites excluding steroid dienone is 1. The lowest BCUT2D eigenvalue weighted by molar-refractivity contribution is 0.415. The molecule has 5 aromatic rings.